The molecule has 8 heteroatoms. The first-order valence-corrected chi connectivity index (χ1v) is 9.98. The summed E-state index contributed by atoms with van der Waals surface area (Å²) in [6.45, 7) is 4.15. The van der Waals surface area contributed by atoms with Crippen molar-refractivity contribution in [1.82, 2.24) is 0 Å². The maximum atomic E-state index is 13.9. The highest BCUT2D eigenvalue weighted by Gasteiger charge is 2.26. The molecule has 6 nitrogen and oxygen atoms in total. The van der Waals surface area contributed by atoms with Crippen molar-refractivity contribution in [3.05, 3.63) is 53.3 Å². The number of hydrogen-bond acceptors (Lipinski definition) is 5. The van der Waals surface area contributed by atoms with Gasteiger partial charge >= 0.3 is 5.97 Å². The number of anilines is 1. The summed E-state index contributed by atoms with van der Waals surface area (Å²) >= 11 is 0. The van der Waals surface area contributed by atoms with E-state index in [2.05, 4.69) is 4.72 Å². The van der Waals surface area contributed by atoms with Gasteiger partial charge in [0.25, 0.3) is 10.0 Å². The molecule has 0 aliphatic rings. The van der Waals surface area contributed by atoms with Crippen LogP contribution in [-0.2, 0) is 21.2 Å². The Morgan fingerprint density at radius 2 is 1.85 bits per heavy atom. The average Bonchev–Trinajstić information content (AvgIpc) is 2.65. The molecule has 1 N–H and O–H groups in total. The van der Waals surface area contributed by atoms with Crippen LogP contribution in [0.3, 0.4) is 0 Å². The third kappa shape index (κ3) is 4.57. The number of halogens is 1. The van der Waals surface area contributed by atoms with Gasteiger partial charge in [-0.3, -0.25) is 4.72 Å². The summed E-state index contributed by atoms with van der Waals surface area (Å²) in [6, 6.07) is 8.10. The standard InChI is InChI=1S/C19H22FNO5S/c1-4-12-26-18-13(5-2)10-11-15(17(18)19(22)25-3)21-27(23,24)16-9-7-6-8-14(16)20/h6-11,21H,4-5,12H2,1-3H3. The predicted octanol–water partition coefficient (Wildman–Crippen LogP) is 3.76. The Labute approximate surface area is 158 Å². The summed E-state index contributed by atoms with van der Waals surface area (Å²) < 4.78 is 52.0. The van der Waals surface area contributed by atoms with Crippen molar-refractivity contribution in [1.29, 1.82) is 0 Å². The minimum absolute atomic E-state index is 0.0339. The van der Waals surface area contributed by atoms with E-state index < -0.39 is 26.7 Å². The van der Waals surface area contributed by atoms with Gasteiger partial charge in [0.2, 0.25) is 0 Å². The number of rotatable bonds is 8. The SMILES string of the molecule is CCCOc1c(CC)ccc(NS(=O)(=O)c2ccccc2F)c1C(=O)OC. The van der Waals surface area contributed by atoms with Gasteiger partial charge in [-0.1, -0.05) is 32.0 Å². The average molecular weight is 395 g/mol. The fourth-order valence-electron chi connectivity index (χ4n) is 2.53. The molecule has 2 rings (SSSR count). The van der Waals surface area contributed by atoms with E-state index in [0.717, 1.165) is 17.7 Å². The molecule has 0 radical (unpaired) electrons. The van der Waals surface area contributed by atoms with Crippen LogP contribution >= 0.6 is 0 Å². The number of nitrogens with one attached hydrogen (secondary N) is 1. The summed E-state index contributed by atoms with van der Waals surface area (Å²) in [4.78, 5) is 11.8. The van der Waals surface area contributed by atoms with Crippen molar-refractivity contribution in [3.8, 4) is 5.75 Å². The van der Waals surface area contributed by atoms with Crippen molar-refractivity contribution in [2.75, 3.05) is 18.4 Å². The zero-order valence-electron chi connectivity index (χ0n) is 15.4. The quantitative estimate of drug-likeness (QED) is 0.688. The van der Waals surface area contributed by atoms with Gasteiger partial charge in [0.15, 0.2) is 0 Å². The molecule has 0 amide bonds. The number of esters is 1. The van der Waals surface area contributed by atoms with Gasteiger partial charge in [-0.05, 0) is 36.6 Å². The van der Waals surface area contributed by atoms with Gasteiger partial charge < -0.3 is 9.47 Å². The molecule has 0 unspecified atom stereocenters. The first kappa shape index (κ1) is 20.7. The van der Waals surface area contributed by atoms with Crippen molar-refractivity contribution in [3.63, 3.8) is 0 Å². The highest BCUT2D eigenvalue weighted by molar-refractivity contribution is 7.92. The summed E-state index contributed by atoms with van der Waals surface area (Å²) in [5.41, 5.74) is 0.663. The zero-order chi connectivity index (χ0) is 20.0. The Hall–Kier alpha value is -2.61. The summed E-state index contributed by atoms with van der Waals surface area (Å²) in [5, 5.41) is 0. The van der Waals surface area contributed by atoms with Crippen LogP contribution in [0.4, 0.5) is 10.1 Å². The van der Waals surface area contributed by atoms with Crippen LogP contribution in [-0.4, -0.2) is 28.1 Å². The number of aryl methyl sites for hydroxylation is 1. The lowest BCUT2D eigenvalue weighted by Gasteiger charge is -2.18. The third-order valence-electron chi connectivity index (χ3n) is 3.83. The Morgan fingerprint density at radius 1 is 1.15 bits per heavy atom. The highest BCUT2D eigenvalue weighted by atomic mass is 32.2. The number of hydrogen-bond donors (Lipinski definition) is 1. The second kappa shape index (κ2) is 8.85. The minimum atomic E-state index is -4.25. The van der Waals surface area contributed by atoms with E-state index in [0.29, 0.717) is 19.4 Å². The van der Waals surface area contributed by atoms with Crippen LogP contribution in [0.2, 0.25) is 0 Å². The van der Waals surface area contributed by atoms with Gasteiger partial charge in [-0.25, -0.2) is 17.6 Å². The molecular weight excluding hydrogens is 373 g/mol. The zero-order valence-corrected chi connectivity index (χ0v) is 16.2. The van der Waals surface area contributed by atoms with Crippen LogP contribution in [0.5, 0.6) is 5.75 Å². The molecule has 0 aliphatic heterocycles. The molecule has 27 heavy (non-hydrogen) atoms. The van der Waals surface area contributed by atoms with E-state index >= 15 is 0 Å². The third-order valence-corrected chi connectivity index (χ3v) is 5.23. The monoisotopic (exact) mass is 395 g/mol. The molecule has 146 valence electrons. The summed E-state index contributed by atoms with van der Waals surface area (Å²) in [5.74, 6) is -1.38. The second-order valence-corrected chi connectivity index (χ2v) is 7.36. The van der Waals surface area contributed by atoms with Gasteiger partial charge in [0, 0.05) is 0 Å². The van der Waals surface area contributed by atoms with E-state index in [9.17, 15) is 17.6 Å². The number of carbonyl (C=O) groups is 1. The van der Waals surface area contributed by atoms with Gasteiger partial charge in [0.1, 0.15) is 22.0 Å². The molecular formula is C19H22FNO5S. The fraction of sp³-hybridized carbons (Fsp3) is 0.316. The van der Waals surface area contributed by atoms with Gasteiger partial charge in [0.05, 0.1) is 19.4 Å². The second-order valence-electron chi connectivity index (χ2n) is 5.71. The normalized spacial score (nSPS) is 11.1. The maximum Gasteiger partial charge on any atom is 0.343 e. The molecule has 2 aromatic rings. The molecule has 0 spiro atoms. The van der Waals surface area contributed by atoms with Gasteiger partial charge in [-0.15, -0.1) is 0 Å². The Morgan fingerprint density at radius 3 is 2.44 bits per heavy atom. The smallest absolute Gasteiger partial charge is 0.343 e. The van der Waals surface area contributed by atoms with Crippen molar-refractivity contribution >= 4 is 21.7 Å². The number of methoxy groups -OCH3 is 1. The van der Waals surface area contributed by atoms with Crippen LogP contribution in [0.15, 0.2) is 41.3 Å². The largest absolute Gasteiger partial charge is 0.492 e. The molecule has 0 heterocycles. The Kier molecular flexibility index (Phi) is 6.79. The molecule has 2 aromatic carbocycles. The summed E-state index contributed by atoms with van der Waals surface area (Å²) in [6.07, 6.45) is 1.28. The molecule has 0 aliphatic carbocycles. The maximum absolute atomic E-state index is 13.9. The number of carbonyl (C=O) groups excluding carboxylic acids is 1. The first-order valence-electron chi connectivity index (χ1n) is 8.50. The number of ether oxygens (including phenoxy) is 2. The molecule has 0 fully saturated rings. The lowest BCUT2D eigenvalue weighted by Crippen LogP contribution is -2.18. The molecule has 0 aromatic heterocycles. The number of sulfonamides is 1. The number of benzene rings is 2. The van der Waals surface area contributed by atoms with Crippen molar-refractivity contribution < 1.29 is 27.1 Å². The van der Waals surface area contributed by atoms with Crippen LogP contribution in [0, 0.1) is 5.82 Å². The van der Waals surface area contributed by atoms with Crippen LogP contribution in [0.25, 0.3) is 0 Å². The van der Waals surface area contributed by atoms with Crippen LogP contribution in [0.1, 0.15) is 36.2 Å². The van der Waals surface area contributed by atoms with E-state index in [1.54, 1.807) is 6.07 Å². The predicted molar refractivity (Wildman–Crippen MR) is 100 cm³/mol. The minimum Gasteiger partial charge on any atom is -0.492 e. The molecule has 0 bridgehead atoms. The Balaban J connectivity index is 2.59. The van der Waals surface area contributed by atoms with Crippen molar-refractivity contribution in [2.45, 2.75) is 31.6 Å². The van der Waals surface area contributed by atoms with E-state index in [4.69, 9.17) is 9.47 Å². The van der Waals surface area contributed by atoms with Crippen molar-refractivity contribution in [2.24, 2.45) is 0 Å². The molecule has 0 saturated heterocycles. The fourth-order valence-corrected chi connectivity index (χ4v) is 3.68. The lowest BCUT2D eigenvalue weighted by molar-refractivity contribution is 0.0597. The van der Waals surface area contributed by atoms with Gasteiger partial charge in [-0.2, -0.15) is 0 Å². The molecule has 0 saturated carbocycles. The first-order chi connectivity index (χ1) is 12.9. The van der Waals surface area contributed by atoms with E-state index in [1.807, 2.05) is 13.8 Å². The van der Waals surface area contributed by atoms with E-state index in [1.165, 1.54) is 25.3 Å². The van der Waals surface area contributed by atoms with Crippen LogP contribution < -0.4 is 9.46 Å². The highest BCUT2D eigenvalue weighted by Crippen LogP contribution is 2.33. The van der Waals surface area contributed by atoms with E-state index in [-0.39, 0.29) is 17.0 Å². The lowest BCUT2D eigenvalue weighted by atomic mass is 10.0. The Bertz CT molecular complexity index is 928. The molecule has 0 atom stereocenters. The summed E-state index contributed by atoms with van der Waals surface area (Å²) in [7, 11) is -3.06. The topological polar surface area (TPSA) is 81.7 Å².